The van der Waals surface area contributed by atoms with E-state index >= 15 is 0 Å². The van der Waals surface area contributed by atoms with Gasteiger partial charge in [-0.3, -0.25) is 0 Å². The van der Waals surface area contributed by atoms with Gasteiger partial charge >= 0.3 is 0 Å². The first kappa shape index (κ1) is 16.3. The van der Waals surface area contributed by atoms with Crippen molar-refractivity contribution in [3.8, 4) is 0 Å². The number of rotatable bonds is 8. The lowest BCUT2D eigenvalue weighted by atomic mass is 9.72. The number of hydrogen-bond acceptors (Lipinski definition) is 3. The second-order valence-corrected chi connectivity index (χ2v) is 7.39. The lowest BCUT2D eigenvalue weighted by molar-refractivity contribution is 0.0773. The summed E-state index contributed by atoms with van der Waals surface area (Å²) in [6, 6.07) is 0.684. The summed E-state index contributed by atoms with van der Waals surface area (Å²) in [4.78, 5) is 2.47. The fraction of sp³-hybridized carbons (Fsp3) is 1.00. The minimum Gasteiger partial charge on any atom is -0.380 e. The molecule has 0 spiro atoms. The topological polar surface area (TPSA) is 24.5 Å². The van der Waals surface area contributed by atoms with Crippen molar-refractivity contribution in [1.82, 2.24) is 10.2 Å². The average Bonchev–Trinajstić information content (AvgIpc) is 3.21. The molecule has 2 aliphatic rings. The van der Waals surface area contributed by atoms with Crippen LogP contribution in [0.4, 0.5) is 0 Å². The third kappa shape index (κ3) is 5.01. The van der Waals surface area contributed by atoms with Crippen LogP contribution in [0.5, 0.6) is 0 Å². The third-order valence-corrected chi connectivity index (χ3v) is 5.24. The molecule has 0 aromatic rings. The number of hydrogen-bond donors (Lipinski definition) is 1. The van der Waals surface area contributed by atoms with Crippen molar-refractivity contribution in [3.63, 3.8) is 0 Å². The van der Waals surface area contributed by atoms with Gasteiger partial charge in [-0.15, -0.1) is 0 Å². The van der Waals surface area contributed by atoms with Crippen LogP contribution in [0.1, 0.15) is 39.5 Å². The third-order valence-electron chi connectivity index (χ3n) is 5.24. The van der Waals surface area contributed by atoms with Gasteiger partial charge in [0.15, 0.2) is 0 Å². The minimum absolute atomic E-state index is 0.684. The van der Waals surface area contributed by atoms with Crippen molar-refractivity contribution in [2.24, 2.45) is 23.7 Å². The van der Waals surface area contributed by atoms with Gasteiger partial charge in [0.25, 0.3) is 0 Å². The molecule has 0 aromatic carbocycles. The first-order chi connectivity index (χ1) is 9.60. The van der Waals surface area contributed by atoms with E-state index in [0.29, 0.717) is 6.04 Å². The van der Waals surface area contributed by atoms with Gasteiger partial charge in [-0.2, -0.15) is 0 Å². The quantitative estimate of drug-likeness (QED) is 0.693. The molecule has 2 aliphatic carbocycles. The van der Waals surface area contributed by atoms with E-state index in [0.717, 1.165) is 43.4 Å². The van der Waals surface area contributed by atoms with Crippen LogP contribution in [0.3, 0.4) is 0 Å². The molecular weight excluding hydrogens is 248 g/mol. The van der Waals surface area contributed by atoms with Crippen molar-refractivity contribution in [1.29, 1.82) is 0 Å². The van der Waals surface area contributed by atoms with Crippen LogP contribution >= 0.6 is 0 Å². The molecule has 2 saturated carbocycles. The summed E-state index contributed by atoms with van der Waals surface area (Å²) in [6.07, 6.45) is 5.49. The lowest BCUT2D eigenvalue weighted by Crippen LogP contribution is -2.47. The van der Waals surface area contributed by atoms with Crippen LogP contribution in [0.25, 0.3) is 0 Å². The largest absolute Gasteiger partial charge is 0.380 e. The van der Waals surface area contributed by atoms with Crippen LogP contribution in [-0.2, 0) is 4.74 Å². The van der Waals surface area contributed by atoms with Crippen molar-refractivity contribution < 1.29 is 4.74 Å². The second-order valence-electron chi connectivity index (χ2n) is 7.39. The van der Waals surface area contributed by atoms with E-state index in [-0.39, 0.29) is 0 Å². The molecule has 0 saturated heterocycles. The fourth-order valence-electron chi connectivity index (χ4n) is 3.76. The minimum atomic E-state index is 0.684. The first-order valence-corrected chi connectivity index (χ1v) is 8.53. The Morgan fingerprint density at radius 3 is 2.60 bits per heavy atom. The van der Waals surface area contributed by atoms with Crippen molar-refractivity contribution in [2.45, 2.75) is 45.6 Å². The van der Waals surface area contributed by atoms with E-state index in [9.17, 15) is 0 Å². The van der Waals surface area contributed by atoms with Crippen molar-refractivity contribution in [3.05, 3.63) is 0 Å². The Bertz CT molecular complexity index is 280. The Labute approximate surface area is 125 Å². The van der Waals surface area contributed by atoms with Crippen LogP contribution in [0.2, 0.25) is 0 Å². The summed E-state index contributed by atoms with van der Waals surface area (Å²) in [5, 5.41) is 3.55. The molecule has 2 rings (SSSR count). The monoisotopic (exact) mass is 282 g/mol. The first-order valence-electron chi connectivity index (χ1n) is 8.53. The Hall–Kier alpha value is -0.120. The predicted octanol–water partition coefficient (Wildman–Crippen LogP) is 2.62. The molecule has 2 fully saturated rings. The highest BCUT2D eigenvalue weighted by molar-refractivity contribution is 4.88. The maximum Gasteiger partial charge on any atom is 0.0593 e. The van der Waals surface area contributed by atoms with Crippen molar-refractivity contribution >= 4 is 0 Å². The highest BCUT2D eigenvalue weighted by atomic mass is 16.5. The smallest absolute Gasteiger partial charge is 0.0593 e. The Morgan fingerprint density at radius 1 is 1.20 bits per heavy atom. The van der Waals surface area contributed by atoms with Gasteiger partial charge in [0.2, 0.25) is 0 Å². The zero-order chi connectivity index (χ0) is 14.5. The van der Waals surface area contributed by atoms with Gasteiger partial charge in [-0.25, -0.2) is 0 Å². The zero-order valence-corrected chi connectivity index (χ0v) is 13.9. The van der Waals surface area contributed by atoms with E-state index in [1.807, 2.05) is 0 Å². The Morgan fingerprint density at radius 2 is 1.95 bits per heavy atom. The summed E-state index contributed by atoms with van der Waals surface area (Å²) in [5.41, 5.74) is 0. The molecule has 0 bridgehead atoms. The van der Waals surface area contributed by atoms with Crippen molar-refractivity contribution in [2.75, 3.05) is 40.4 Å². The van der Waals surface area contributed by atoms with Gasteiger partial charge in [0.1, 0.15) is 0 Å². The Kier molecular flexibility index (Phi) is 6.31. The maximum atomic E-state index is 5.76. The summed E-state index contributed by atoms with van der Waals surface area (Å²) in [7, 11) is 4.37. The molecule has 0 heterocycles. The summed E-state index contributed by atoms with van der Waals surface area (Å²) in [5.74, 6) is 3.36. The molecule has 0 aliphatic heterocycles. The van der Waals surface area contributed by atoms with Gasteiger partial charge < -0.3 is 15.0 Å². The number of nitrogens with zero attached hydrogens (tertiary/aromatic N) is 1. The molecule has 3 heteroatoms. The SMILES string of the molecule is CNC1CC(C)CC(C)C1CN(C)CCOCC1CC1. The molecule has 118 valence electrons. The predicted molar refractivity (Wildman–Crippen MR) is 84.9 cm³/mol. The molecule has 4 atom stereocenters. The van der Waals surface area contributed by atoms with E-state index in [2.05, 4.69) is 38.2 Å². The van der Waals surface area contributed by atoms with Crippen LogP contribution < -0.4 is 5.32 Å². The molecule has 0 amide bonds. The van der Waals surface area contributed by atoms with Gasteiger partial charge in [0, 0.05) is 25.7 Å². The van der Waals surface area contributed by atoms with Crippen LogP contribution in [0.15, 0.2) is 0 Å². The molecule has 1 N–H and O–H groups in total. The molecular formula is C17H34N2O. The van der Waals surface area contributed by atoms with Crippen LogP contribution in [0, 0.1) is 23.7 Å². The molecule has 0 radical (unpaired) electrons. The number of likely N-dealkylation sites (N-methyl/N-ethyl adjacent to an activating group) is 1. The fourth-order valence-corrected chi connectivity index (χ4v) is 3.76. The molecule has 3 nitrogen and oxygen atoms in total. The molecule has 0 aromatic heterocycles. The normalized spacial score (nSPS) is 34.6. The average molecular weight is 282 g/mol. The van der Waals surface area contributed by atoms with Gasteiger partial charge in [-0.05, 0) is 63.5 Å². The van der Waals surface area contributed by atoms with E-state index in [1.54, 1.807) is 0 Å². The van der Waals surface area contributed by atoms with E-state index in [4.69, 9.17) is 4.74 Å². The molecule has 4 unspecified atom stereocenters. The summed E-state index contributed by atoms with van der Waals surface area (Å²) >= 11 is 0. The second kappa shape index (κ2) is 7.77. The zero-order valence-electron chi connectivity index (χ0n) is 13.9. The highest BCUT2D eigenvalue weighted by Crippen LogP contribution is 2.34. The van der Waals surface area contributed by atoms with Gasteiger partial charge in [-0.1, -0.05) is 13.8 Å². The number of ether oxygens (including phenoxy) is 1. The molecule has 20 heavy (non-hydrogen) atoms. The van der Waals surface area contributed by atoms with E-state index in [1.165, 1.54) is 32.2 Å². The Balaban J connectivity index is 1.68. The summed E-state index contributed by atoms with van der Waals surface area (Å²) < 4.78 is 5.76. The number of nitrogens with one attached hydrogen (secondary N) is 1. The lowest BCUT2D eigenvalue weighted by Gasteiger charge is -2.41. The maximum absolute atomic E-state index is 5.76. The highest BCUT2D eigenvalue weighted by Gasteiger charge is 2.33. The van der Waals surface area contributed by atoms with Crippen LogP contribution in [-0.4, -0.2) is 51.3 Å². The standard InChI is InChI=1S/C17H34N2O/c1-13-9-14(2)16(17(10-13)18-3)11-19(4)7-8-20-12-15-5-6-15/h13-18H,5-12H2,1-4H3. The summed E-state index contributed by atoms with van der Waals surface area (Å²) in [6.45, 7) is 8.99. The van der Waals surface area contributed by atoms with E-state index < -0.39 is 0 Å². The van der Waals surface area contributed by atoms with Gasteiger partial charge in [0.05, 0.1) is 6.61 Å².